The predicted molar refractivity (Wildman–Crippen MR) is 90.7 cm³/mol. The van der Waals surface area contributed by atoms with Crippen molar-refractivity contribution in [3.05, 3.63) is 68.2 Å². The van der Waals surface area contributed by atoms with Crippen molar-refractivity contribution in [2.75, 3.05) is 0 Å². The molecule has 0 spiro atoms. The van der Waals surface area contributed by atoms with Crippen molar-refractivity contribution in [3.8, 4) is 0 Å². The molecule has 0 amide bonds. The van der Waals surface area contributed by atoms with Crippen LogP contribution in [0.2, 0.25) is 15.1 Å². The van der Waals surface area contributed by atoms with Crippen LogP contribution < -0.4 is 5.32 Å². The summed E-state index contributed by atoms with van der Waals surface area (Å²) in [6.45, 7) is 2.11. The summed E-state index contributed by atoms with van der Waals surface area (Å²) in [5.41, 5.74) is 3.85. The van der Waals surface area contributed by atoms with E-state index in [4.69, 9.17) is 34.8 Å². The first-order valence-corrected chi connectivity index (χ1v) is 8.16. The Labute approximate surface area is 140 Å². The van der Waals surface area contributed by atoms with Crippen LogP contribution in [-0.2, 0) is 12.8 Å². The monoisotopic (exact) mass is 339 g/mol. The summed E-state index contributed by atoms with van der Waals surface area (Å²) >= 11 is 18.4. The van der Waals surface area contributed by atoms with Gasteiger partial charge in [0, 0.05) is 12.1 Å². The molecule has 1 unspecified atom stereocenters. The van der Waals surface area contributed by atoms with Crippen LogP contribution in [0.5, 0.6) is 0 Å². The quantitative estimate of drug-likeness (QED) is 0.731. The van der Waals surface area contributed by atoms with Crippen molar-refractivity contribution in [2.45, 2.75) is 31.8 Å². The molecule has 0 saturated carbocycles. The zero-order valence-electron chi connectivity index (χ0n) is 11.7. The van der Waals surface area contributed by atoms with Gasteiger partial charge in [-0.1, -0.05) is 65.1 Å². The first-order chi connectivity index (χ1) is 10.1. The second-order valence-corrected chi connectivity index (χ2v) is 6.69. The van der Waals surface area contributed by atoms with Crippen molar-refractivity contribution < 1.29 is 0 Å². The summed E-state index contributed by atoms with van der Waals surface area (Å²) in [4.78, 5) is 0. The molecule has 1 aliphatic rings. The largest absolute Gasteiger partial charge is 0.307 e. The molecule has 2 aromatic carbocycles. The third-order valence-corrected chi connectivity index (χ3v) is 5.38. The van der Waals surface area contributed by atoms with E-state index < -0.39 is 0 Å². The van der Waals surface area contributed by atoms with E-state index in [1.165, 1.54) is 11.1 Å². The molecule has 0 heterocycles. The van der Waals surface area contributed by atoms with E-state index in [2.05, 4.69) is 36.5 Å². The molecule has 1 N–H and O–H groups in total. The van der Waals surface area contributed by atoms with Crippen LogP contribution in [0.1, 0.15) is 29.7 Å². The normalized spacial score (nSPS) is 16.0. The summed E-state index contributed by atoms with van der Waals surface area (Å²) in [5, 5.41) is 5.11. The molecule has 1 atom stereocenters. The van der Waals surface area contributed by atoms with Gasteiger partial charge in [-0.25, -0.2) is 0 Å². The van der Waals surface area contributed by atoms with E-state index in [0.717, 1.165) is 18.4 Å². The zero-order valence-corrected chi connectivity index (χ0v) is 13.9. The van der Waals surface area contributed by atoms with Gasteiger partial charge in [0.05, 0.1) is 15.1 Å². The molecule has 0 saturated heterocycles. The fourth-order valence-corrected chi connectivity index (χ4v) is 3.70. The summed E-state index contributed by atoms with van der Waals surface area (Å²) in [6, 6.07) is 12.9. The van der Waals surface area contributed by atoms with E-state index >= 15 is 0 Å². The number of hydrogen-bond acceptors (Lipinski definition) is 1. The highest BCUT2D eigenvalue weighted by Crippen LogP contribution is 2.36. The Balaban J connectivity index is 1.74. The first-order valence-electron chi connectivity index (χ1n) is 7.02. The third kappa shape index (κ3) is 3.07. The maximum absolute atomic E-state index is 6.31. The van der Waals surface area contributed by atoms with Gasteiger partial charge in [-0.2, -0.15) is 0 Å². The SMILES string of the molecule is CC(NC1Cc2ccccc2C1)c1ccc(Cl)c(Cl)c1Cl. The molecule has 1 aliphatic carbocycles. The molecule has 21 heavy (non-hydrogen) atoms. The Kier molecular flexibility index (Phi) is 4.46. The molecule has 0 radical (unpaired) electrons. The van der Waals surface area contributed by atoms with Crippen molar-refractivity contribution in [1.82, 2.24) is 5.32 Å². The Bertz CT molecular complexity index is 644. The molecule has 2 aromatic rings. The van der Waals surface area contributed by atoms with E-state index in [-0.39, 0.29) is 6.04 Å². The van der Waals surface area contributed by atoms with Crippen LogP contribution in [-0.4, -0.2) is 6.04 Å². The van der Waals surface area contributed by atoms with Crippen LogP contribution in [0.4, 0.5) is 0 Å². The van der Waals surface area contributed by atoms with Gasteiger partial charge in [-0.05, 0) is 42.5 Å². The Morgan fingerprint density at radius 3 is 2.19 bits per heavy atom. The molecular formula is C17H16Cl3N. The van der Waals surface area contributed by atoms with Crippen molar-refractivity contribution in [2.24, 2.45) is 0 Å². The second kappa shape index (κ2) is 6.18. The lowest BCUT2D eigenvalue weighted by Crippen LogP contribution is -2.32. The average Bonchev–Trinajstić information content (AvgIpc) is 2.86. The average molecular weight is 341 g/mol. The minimum absolute atomic E-state index is 0.131. The Hall–Kier alpha value is -0.730. The lowest BCUT2D eigenvalue weighted by Gasteiger charge is -2.21. The minimum Gasteiger partial charge on any atom is -0.307 e. The lowest BCUT2D eigenvalue weighted by molar-refractivity contribution is 0.467. The van der Waals surface area contributed by atoms with Crippen LogP contribution in [0.25, 0.3) is 0 Å². The fourth-order valence-electron chi connectivity index (χ4n) is 3.00. The van der Waals surface area contributed by atoms with Gasteiger partial charge >= 0.3 is 0 Å². The van der Waals surface area contributed by atoms with E-state index in [1.807, 2.05) is 6.07 Å². The van der Waals surface area contributed by atoms with Gasteiger partial charge in [0.2, 0.25) is 0 Å². The third-order valence-electron chi connectivity index (χ3n) is 4.07. The van der Waals surface area contributed by atoms with E-state index in [9.17, 15) is 0 Å². The van der Waals surface area contributed by atoms with Crippen molar-refractivity contribution in [1.29, 1.82) is 0 Å². The van der Waals surface area contributed by atoms with E-state index in [0.29, 0.717) is 21.1 Å². The van der Waals surface area contributed by atoms with Gasteiger partial charge < -0.3 is 5.32 Å². The standard InChI is InChI=1S/C17H16Cl3N/c1-10(14-6-7-15(18)17(20)16(14)19)21-13-8-11-4-2-3-5-12(11)9-13/h2-7,10,13,21H,8-9H2,1H3. The van der Waals surface area contributed by atoms with Crippen LogP contribution in [0.3, 0.4) is 0 Å². The fraction of sp³-hybridized carbons (Fsp3) is 0.294. The maximum atomic E-state index is 6.31. The minimum atomic E-state index is 0.131. The molecule has 4 heteroatoms. The van der Waals surface area contributed by atoms with Gasteiger partial charge in [0.25, 0.3) is 0 Å². The van der Waals surface area contributed by atoms with Gasteiger partial charge in [0.15, 0.2) is 0 Å². The van der Waals surface area contributed by atoms with Crippen LogP contribution in [0.15, 0.2) is 36.4 Å². The van der Waals surface area contributed by atoms with Crippen LogP contribution in [0, 0.1) is 0 Å². The Morgan fingerprint density at radius 1 is 0.952 bits per heavy atom. The molecule has 110 valence electrons. The first kappa shape index (κ1) is 15.2. The highest BCUT2D eigenvalue weighted by atomic mass is 35.5. The molecule has 1 nitrogen and oxygen atoms in total. The summed E-state index contributed by atoms with van der Waals surface area (Å²) in [7, 11) is 0. The highest BCUT2D eigenvalue weighted by Gasteiger charge is 2.23. The smallest absolute Gasteiger partial charge is 0.0781 e. The highest BCUT2D eigenvalue weighted by molar-refractivity contribution is 6.48. The topological polar surface area (TPSA) is 12.0 Å². The lowest BCUT2D eigenvalue weighted by atomic mass is 10.1. The molecule has 0 aromatic heterocycles. The summed E-state index contributed by atoms with van der Waals surface area (Å²) in [5.74, 6) is 0. The van der Waals surface area contributed by atoms with Gasteiger partial charge in [-0.3, -0.25) is 0 Å². The van der Waals surface area contributed by atoms with Crippen molar-refractivity contribution in [3.63, 3.8) is 0 Å². The molecule has 0 bridgehead atoms. The number of hydrogen-bond donors (Lipinski definition) is 1. The number of fused-ring (bicyclic) bond motifs is 1. The van der Waals surface area contributed by atoms with E-state index in [1.54, 1.807) is 6.07 Å². The zero-order chi connectivity index (χ0) is 15.0. The number of nitrogens with one attached hydrogen (secondary N) is 1. The molecule has 0 fully saturated rings. The Morgan fingerprint density at radius 2 is 1.57 bits per heavy atom. The molecule has 0 aliphatic heterocycles. The maximum Gasteiger partial charge on any atom is 0.0781 e. The van der Waals surface area contributed by atoms with Crippen molar-refractivity contribution >= 4 is 34.8 Å². The van der Waals surface area contributed by atoms with Crippen LogP contribution >= 0.6 is 34.8 Å². The van der Waals surface area contributed by atoms with Gasteiger partial charge in [0.1, 0.15) is 0 Å². The number of rotatable bonds is 3. The predicted octanol–water partition coefficient (Wildman–Crippen LogP) is 5.46. The van der Waals surface area contributed by atoms with Gasteiger partial charge in [-0.15, -0.1) is 0 Å². The molecular weight excluding hydrogens is 325 g/mol. The summed E-state index contributed by atoms with van der Waals surface area (Å²) in [6.07, 6.45) is 2.11. The molecule has 3 rings (SSSR count). The second-order valence-electron chi connectivity index (χ2n) is 5.53. The summed E-state index contributed by atoms with van der Waals surface area (Å²) < 4.78 is 0. The number of halogens is 3. The number of benzene rings is 2.